The highest BCUT2D eigenvalue weighted by molar-refractivity contribution is 5.94. The monoisotopic (exact) mass is 406 g/mol. The highest BCUT2D eigenvalue weighted by Gasteiger charge is 2.22. The molecule has 30 heavy (non-hydrogen) atoms. The molecule has 3 rings (SSSR count). The number of carbonyl (C=O) groups excluding carboxylic acids is 2. The lowest BCUT2D eigenvalue weighted by atomic mass is 10.2. The summed E-state index contributed by atoms with van der Waals surface area (Å²) in [7, 11) is 0. The zero-order chi connectivity index (χ0) is 21.5. The number of anilines is 1. The van der Waals surface area contributed by atoms with Crippen LogP contribution in [0.25, 0.3) is 0 Å². The smallest absolute Gasteiger partial charge is 0.311 e. The number of ether oxygens (including phenoxy) is 2. The molecule has 0 aliphatic carbocycles. The lowest BCUT2D eigenvalue weighted by molar-refractivity contribution is -0.386. The predicted molar refractivity (Wildman–Crippen MR) is 110 cm³/mol. The summed E-state index contributed by atoms with van der Waals surface area (Å²) in [6, 6.07) is 19.8. The largest absolute Gasteiger partial charge is 0.474 e. The van der Waals surface area contributed by atoms with E-state index in [4.69, 9.17) is 9.47 Å². The van der Waals surface area contributed by atoms with Crippen LogP contribution in [0.5, 0.6) is 17.2 Å². The average molecular weight is 406 g/mol. The average Bonchev–Trinajstić information content (AvgIpc) is 2.76. The maximum absolute atomic E-state index is 12.4. The van der Waals surface area contributed by atoms with Crippen molar-refractivity contribution in [3.8, 4) is 17.2 Å². The fraction of sp³-hybridized carbons (Fsp3) is 0.0909. The minimum Gasteiger partial charge on any atom is -0.474 e. The molecule has 0 aromatic heterocycles. The van der Waals surface area contributed by atoms with Crippen LogP contribution in [0.2, 0.25) is 0 Å². The first-order valence-electron chi connectivity index (χ1n) is 9.00. The van der Waals surface area contributed by atoms with Gasteiger partial charge in [-0.1, -0.05) is 18.2 Å². The molecule has 0 saturated heterocycles. The molecule has 1 amide bonds. The van der Waals surface area contributed by atoms with Crippen LogP contribution in [0.15, 0.2) is 72.8 Å². The summed E-state index contributed by atoms with van der Waals surface area (Å²) in [5.41, 5.74) is 0.271. The zero-order valence-electron chi connectivity index (χ0n) is 16.0. The number of rotatable bonds is 8. The lowest BCUT2D eigenvalue weighted by Crippen LogP contribution is -2.30. The van der Waals surface area contributed by atoms with Gasteiger partial charge in [0, 0.05) is 17.3 Å². The summed E-state index contributed by atoms with van der Waals surface area (Å²) in [6.07, 6.45) is -0.510. The summed E-state index contributed by atoms with van der Waals surface area (Å²) in [5.74, 6) is 0.716. The first-order valence-corrected chi connectivity index (χ1v) is 9.00. The molecule has 8 nitrogen and oxygen atoms in total. The van der Waals surface area contributed by atoms with Gasteiger partial charge in [0.25, 0.3) is 5.91 Å². The van der Waals surface area contributed by atoms with Crippen molar-refractivity contribution in [2.24, 2.45) is 0 Å². The van der Waals surface area contributed by atoms with Crippen molar-refractivity contribution >= 4 is 23.6 Å². The SMILES string of the molecule is C[C@@H](Oc1ccc(C=O)cc1[N+](=O)[O-])C(=O)Nc1ccc(Oc2ccccc2)cc1. The van der Waals surface area contributed by atoms with Gasteiger partial charge in [-0.2, -0.15) is 0 Å². The number of carbonyl (C=O) groups is 2. The van der Waals surface area contributed by atoms with Gasteiger partial charge in [-0.15, -0.1) is 0 Å². The van der Waals surface area contributed by atoms with E-state index in [1.807, 2.05) is 30.3 Å². The molecule has 152 valence electrons. The van der Waals surface area contributed by atoms with E-state index in [-0.39, 0.29) is 17.0 Å². The van der Waals surface area contributed by atoms with E-state index in [1.54, 1.807) is 24.3 Å². The Morgan fingerprint density at radius 3 is 2.33 bits per heavy atom. The van der Waals surface area contributed by atoms with E-state index in [2.05, 4.69) is 5.32 Å². The molecule has 0 unspecified atom stereocenters. The predicted octanol–water partition coefficient (Wildman–Crippen LogP) is 4.61. The number of hydrogen-bond acceptors (Lipinski definition) is 6. The van der Waals surface area contributed by atoms with Crippen molar-refractivity contribution in [1.29, 1.82) is 0 Å². The maximum Gasteiger partial charge on any atom is 0.311 e. The third-order valence-corrected chi connectivity index (χ3v) is 4.09. The van der Waals surface area contributed by atoms with E-state index in [9.17, 15) is 19.7 Å². The number of nitro groups is 1. The zero-order valence-corrected chi connectivity index (χ0v) is 16.0. The first kappa shape index (κ1) is 20.5. The standard InChI is InChI=1S/C22H18N2O6/c1-15(29-21-12-7-16(14-25)13-20(21)24(27)28)22(26)23-17-8-10-19(11-9-17)30-18-5-3-2-4-6-18/h2-15H,1H3,(H,23,26)/t15-/m1/s1. The summed E-state index contributed by atoms with van der Waals surface area (Å²) in [6.45, 7) is 1.47. The van der Waals surface area contributed by atoms with Crippen LogP contribution in [-0.2, 0) is 4.79 Å². The molecule has 0 aliphatic heterocycles. The lowest BCUT2D eigenvalue weighted by Gasteiger charge is -2.15. The Hall–Kier alpha value is -4.20. The number of nitrogens with one attached hydrogen (secondary N) is 1. The van der Waals surface area contributed by atoms with E-state index in [0.29, 0.717) is 23.5 Å². The van der Waals surface area contributed by atoms with Gasteiger partial charge in [0.1, 0.15) is 17.8 Å². The highest BCUT2D eigenvalue weighted by Crippen LogP contribution is 2.29. The second kappa shape index (κ2) is 9.33. The molecule has 0 saturated carbocycles. The van der Waals surface area contributed by atoms with Gasteiger partial charge in [-0.25, -0.2) is 0 Å². The Balaban J connectivity index is 1.63. The molecule has 1 N–H and O–H groups in total. The third kappa shape index (κ3) is 5.20. The van der Waals surface area contributed by atoms with Gasteiger partial charge in [0.15, 0.2) is 11.9 Å². The van der Waals surface area contributed by atoms with Crippen molar-refractivity contribution in [3.63, 3.8) is 0 Å². The van der Waals surface area contributed by atoms with Crippen molar-refractivity contribution in [2.45, 2.75) is 13.0 Å². The van der Waals surface area contributed by atoms with Gasteiger partial charge in [-0.3, -0.25) is 19.7 Å². The van der Waals surface area contributed by atoms with Crippen molar-refractivity contribution in [3.05, 3.63) is 88.5 Å². The number of aldehydes is 1. The van der Waals surface area contributed by atoms with Crippen molar-refractivity contribution in [1.82, 2.24) is 0 Å². The van der Waals surface area contributed by atoms with Gasteiger partial charge in [0.05, 0.1) is 4.92 Å². The number of hydrogen-bond donors (Lipinski definition) is 1. The molecule has 0 spiro atoms. The number of para-hydroxylation sites is 1. The number of benzene rings is 3. The van der Waals surface area contributed by atoms with Gasteiger partial charge in [-0.05, 0) is 55.5 Å². The van der Waals surface area contributed by atoms with Crippen LogP contribution in [-0.4, -0.2) is 23.2 Å². The van der Waals surface area contributed by atoms with Crippen LogP contribution >= 0.6 is 0 Å². The summed E-state index contributed by atoms with van der Waals surface area (Å²) in [4.78, 5) is 33.7. The van der Waals surface area contributed by atoms with Gasteiger partial charge in [0.2, 0.25) is 0 Å². The van der Waals surface area contributed by atoms with Gasteiger partial charge < -0.3 is 14.8 Å². The highest BCUT2D eigenvalue weighted by atomic mass is 16.6. The van der Waals surface area contributed by atoms with Crippen LogP contribution < -0.4 is 14.8 Å². The number of nitrogens with zero attached hydrogens (tertiary/aromatic N) is 1. The Kier molecular flexibility index (Phi) is 6.39. The van der Waals surface area contributed by atoms with Crippen LogP contribution in [0.4, 0.5) is 11.4 Å². The summed E-state index contributed by atoms with van der Waals surface area (Å²) >= 11 is 0. The van der Waals surface area contributed by atoms with E-state index in [0.717, 1.165) is 6.07 Å². The number of amides is 1. The van der Waals surface area contributed by atoms with Crippen molar-refractivity contribution in [2.75, 3.05) is 5.32 Å². The summed E-state index contributed by atoms with van der Waals surface area (Å²) in [5, 5.41) is 13.9. The fourth-order valence-electron chi connectivity index (χ4n) is 2.57. The molecule has 0 heterocycles. The molecule has 0 fully saturated rings. The Morgan fingerprint density at radius 2 is 1.70 bits per heavy atom. The minimum absolute atomic E-state index is 0.0974. The molecule has 0 radical (unpaired) electrons. The van der Waals surface area contributed by atoms with Gasteiger partial charge >= 0.3 is 5.69 Å². The topological polar surface area (TPSA) is 108 Å². The fourth-order valence-corrected chi connectivity index (χ4v) is 2.57. The maximum atomic E-state index is 12.4. The quantitative estimate of drug-likeness (QED) is 0.333. The second-order valence-corrected chi connectivity index (χ2v) is 6.29. The van der Waals surface area contributed by atoms with Crippen LogP contribution in [0, 0.1) is 10.1 Å². The van der Waals surface area contributed by atoms with Crippen LogP contribution in [0.3, 0.4) is 0 Å². The third-order valence-electron chi connectivity index (χ3n) is 4.09. The molecular weight excluding hydrogens is 388 g/mol. The number of nitro benzene ring substituents is 1. The first-order chi connectivity index (χ1) is 14.5. The Bertz CT molecular complexity index is 1050. The molecule has 0 bridgehead atoms. The van der Waals surface area contributed by atoms with E-state index < -0.39 is 16.9 Å². The minimum atomic E-state index is -1.01. The van der Waals surface area contributed by atoms with E-state index in [1.165, 1.54) is 19.1 Å². The normalized spacial score (nSPS) is 11.2. The molecule has 0 aliphatic rings. The van der Waals surface area contributed by atoms with Crippen molar-refractivity contribution < 1.29 is 24.0 Å². The molecular formula is C22H18N2O6. The second-order valence-electron chi connectivity index (χ2n) is 6.29. The molecule has 3 aromatic carbocycles. The summed E-state index contributed by atoms with van der Waals surface area (Å²) < 4.78 is 11.1. The Morgan fingerprint density at radius 1 is 1.03 bits per heavy atom. The Labute approximate surface area is 172 Å². The van der Waals surface area contributed by atoms with Crippen LogP contribution in [0.1, 0.15) is 17.3 Å². The molecule has 8 heteroatoms. The molecule has 3 aromatic rings. The van der Waals surface area contributed by atoms with E-state index >= 15 is 0 Å². The molecule has 1 atom stereocenters.